The molecule has 0 radical (unpaired) electrons. The molecule has 132 valence electrons. The number of fused-ring (bicyclic) bond motifs is 2. The lowest BCUT2D eigenvalue weighted by Crippen LogP contribution is -2.52. The molecule has 0 unspecified atom stereocenters. The summed E-state index contributed by atoms with van der Waals surface area (Å²) in [7, 11) is 0. The van der Waals surface area contributed by atoms with Crippen molar-refractivity contribution in [3.8, 4) is 0 Å². The van der Waals surface area contributed by atoms with Crippen molar-refractivity contribution < 1.29 is 9.53 Å². The van der Waals surface area contributed by atoms with Gasteiger partial charge in [-0.1, -0.05) is 96.5 Å². The summed E-state index contributed by atoms with van der Waals surface area (Å²) in [6, 6.07) is 28.1. The maximum Gasteiger partial charge on any atom is 0.204 e. The number of carbonyl (C=O) groups excluding carboxylic acids is 1. The Labute approximate surface area is 163 Å². The largest absolute Gasteiger partial charge is 0.357 e. The summed E-state index contributed by atoms with van der Waals surface area (Å²) < 4.78 is 6.55. The van der Waals surface area contributed by atoms with Crippen LogP contribution < -0.4 is 0 Å². The van der Waals surface area contributed by atoms with E-state index in [1.165, 1.54) is 5.56 Å². The SMILES string of the molecule is O=C1C(Cl)=C[C@]2(O[C@@H](c3ccccc3)[C@H]2c2ccccc2)c2ccccc21. The minimum atomic E-state index is -0.733. The lowest BCUT2D eigenvalue weighted by Gasteiger charge is -2.55. The molecular formula is C24H17ClO2. The number of halogens is 1. The molecule has 5 rings (SSSR count). The van der Waals surface area contributed by atoms with Crippen molar-refractivity contribution in [2.24, 2.45) is 0 Å². The van der Waals surface area contributed by atoms with E-state index in [0.29, 0.717) is 5.56 Å². The molecule has 2 aliphatic rings. The number of carbonyl (C=O) groups is 1. The molecule has 0 amide bonds. The van der Waals surface area contributed by atoms with Crippen LogP contribution in [0.5, 0.6) is 0 Å². The van der Waals surface area contributed by atoms with Gasteiger partial charge in [0.15, 0.2) is 0 Å². The molecule has 0 bridgehead atoms. The normalized spacial score (nSPS) is 26.3. The summed E-state index contributed by atoms with van der Waals surface area (Å²) in [6.07, 6.45) is 1.70. The Morgan fingerprint density at radius 3 is 2.07 bits per heavy atom. The monoisotopic (exact) mass is 372 g/mol. The number of hydrogen-bond acceptors (Lipinski definition) is 2. The van der Waals surface area contributed by atoms with E-state index in [1.54, 1.807) is 6.08 Å². The summed E-state index contributed by atoms with van der Waals surface area (Å²) in [5.41, 5.74) is 3.07. The highest BCUT2D eigenvalue weighted by atomic mass is 35.5. The van der Waals surface area contributed by atoms with Crippen LogP contribution in [-0.4, -0.2) is 5.78 Å². The number of rotatable bonds is 2. The van der Waals surface area contributed by atoms with Crippen LogP contribution in [0.15, 0.2) is 96.0 Å². The second kappa shape index (κ2) is 6.19. The Bertz CT molecular complexity index is 1040. The van der Waals surface area contributed by atoms with Gasteiger partial charge < -0.3 is 4.74 Å². The molecule has 0 saturated carbocycles. The average Bonchev–Trinajstić information content (AvgIpc) is 2.71. The van der Waals surface area contributed by atoms with E-state index in [2.05, 4.69) is 24.3 Å². The predicted octanol–water partition coefficient (Wildman–Crippen LogP) is 5.76. The van der Waals surface area contributed by atoms with Gasteiger partial charge in [0.1, 0.15) is 5.60 Å². The first-order valence-electron chi connectivity index (χ1n) is 9.01. The van der Waals surface area contributed by atoms with Crippen LogP contribution in [0.2, 0.25) is 0 Å². The minimum Gasteiger partial charge on any atom is -0.357 e. The van der Waals surface area contributed by atoms with Crippen molar-refractivity contribution in [3.63, 3.8) is 0 Å². The fourth-order valence-electron chi connectivity index (χ4n) is 4.33. The highest BCUT2D eigenvalue weighted by Gasteiger charge is 2.59. The van der Waals surface area contributed by atoms with Gasteiger partial charge in [0.05, 0.1) is 17.1 Å². The Morgan fingerprint density at radius 2 is 1.37 bits per heavy atom. The van der Waals surface area contributed by atoms with Gasteiger partial charge in [-0.25, -0.2) is 0 Å². The van der Waals surface area contributed by atoms with Crippen molar-refractivity contribution in [2.75, 3.05) is 0 Å². The number of Topliss-reactive ketones (excluding diaryl/α,β-unsaturated/α-hetero) is 1. The second-order valence-corrected chi connectivity index (χ2v) is 7.40. The lowest BCUT2D eigenvalue weighted by atomic mass is 9.64. The number of benzene rings is 3. The van der Waals surface area contributed by atoms with E-state index in [-0.39, 0.29) is 22.8 Å². The zero-order valence-corrected chi connectivity index (χ0v) is 15.3. The van der Waals surface area contributed by atoms with E-state index >= 15 is 0 Å². The third kappa shape index (κ3) is 2.41. The van der Waals surface area contributed by atoms with E-state index < -0.39 is 5.60 Å². The fraction of sp³-hybridized carbons (Fsp3) is 0.125. The first kappa shape index (κ1) is 16.5. The first-order chi connectivity index (χ1) is 13.2. The number of hydrogen-bond donors (Lipinski definition) is 0. The zero-order valence-electron chi connectivity index (χ0n) is 14.5. The van der Waals surface area contributed by atoms with Crippen LogP contribution in [0.1, 0.15) is 39.1 Å². The van der Waals surface area contributed by atoms with E-state index in [4.69, 9.17) is 16.3 Å². The van der Waals surface area contributed by atoms with Crippen molar-refractivity contribution in [3.05, 3.63) is 118 Å². The van der Waals surface area contributed by atoms with Gasteiger partial charge in [0, 0.05) is 5.56 Å². The van der Waals surface area contributed by atoms with Gasteiger partial charge in [0.2, 0.25) is 5.78 Å². The molecule has 1 heterocycles. The van der Waals surface area contributed by atoms with Crippen molar-refractivity contribution in [1.29, 1.82) is 0 Å². The molecule has 0 aromatic heterocycles. The first-order valence-corrected chi connectivity index (χ1v) is 9.39. The van der Waals surface area contributed by atoms with Gasteiger partial charge in [-0.15, -0.1) is 0 Å². The lowest BCUT2D eigenvalue weighted by molar-refractivity contribution is -0.212. The van der Waals surface area contributed by atoms with Gasteiger partial charge in [0.25, 0.3) is 0 Å². The maximum absolute atomic E-state index is 12.6. The van der Waals surface area contributed by atoms with E-state index in [1.807, 2.05) is 60.7 Å². The summed E-state index contributed by atoms with van der Waals surface area (Å²) in [4.78, 5) is 12.6. The number of ether oxygens (including phenoxy) is 1. The van der Waals surface area contributed by atoms with Crippen LogP contribution >= 0.6 is 11.6 Å². The molecule has 1 aliphatic carbocycles. The molecule has 1 saturated heterocycles. The molecule has 27 heavy (non-hydrogen) atoms. The van der Waals surface area contributed by atoms with Crippen molar-refractivity contribution in [1.82, 2.24) is 0 Å². The van der Waals surface area contributed by atoms with Gasteiger partial charge >= 0.3 is 0 Å². The Morgan fingerprint density at radius 1 is 0.778 bits per heavy atom. The van der Waals surface area contributed by atoms with Crippen LogP contribution in [0.3, 0.4) is 0 Å². The van der Waals surface area contributed by atoms with E-state index in [9.17, 15) is 4.79 Å². The Hall–Kier alpha value is -2.68. The molecule has 3 aromatic rings. The summed E-state index contributed by atoms with van der Waals surface area (Å²) in [5, 5.41) is 0.223. The fourth-order valence-corrected chi connectivity index (χ4v) is 4.59. The van der Waals surface area contributed by atoms with Gasteiger partial charge in [-0.2, -0.15) is 0 Å². The van der Waals surface area contributed by atoms with Crippen LogP contribution in [0, 0.1) is 0 Å². The standard InChI is InChI=1S/C24H17ClO2/c25-20-15-24(19-14-8-7-13-18(19)22(20)26)21(16-9-3-1-4-10-16)23(27-24)17-11-5-2-6-12-17/h1-15,21,23H/t21-,23+,24+/m1/s1. The smallest absolute Gasteiger partial charge is 0.204 e. The highest BCUT2D eigenvalue weighted by Crippen LogP contribution is 2.62. The summed E-state index contributed by atoms with van der Waals surface area (Å²) in [6.45, 7) is 0. The molecule has 0 N–H and O–H groups in total. The third-order valence-electron chi connectivity index (χ3n) is 5.52. The molecule has 2 nitrogen and oxygen atoms in total. The molecule has 1 fully saturated rings. The Balaban J connectivity index is 1.71. The van der Waals surface area contributed by atoms with Crippen LogP contribution in [0.25, 0.3) is 0 Å². The highest BCUT2D eigenvalue weighted by molar-refractivity contribution is 6.45. The summed E-state index contributed by atoms with van der Waals surface area (Å²) >= 11 is 6.37. The third-order valence-corrected chi connectivity index (χ3v) is 5.81. The molecule has 3 atom stereocenters. The van der Waals surface area contributed by atoms with Crippen molar-refractivity contribution >= 4 is 17.4 Å². The maximum atomic E-state index is 12.6. The Kier molecular flexibility index (Phi) is 3.78. The number of allylic oxidation sites excluding steroid dienone is 1. The van der Waals surface area contributed by atoms with Crippen LogP contribution in [0.4, 0.5) is 0 Å². The van der Waals surface area contributed by atoms with Crippen molar-refractivity contribution in [2.45, 2.75) is 17.6 Å². The summed E-state index contributed by atoms with van der Waals surface area (Å²) in [5.74, 6) is -0.111. The second-order valence-electron chi connectivity index (χ2n) is 7.00. The van der Waals surface area contributed by atoms with Crippen LogP contribution in [-0.2, 0) is 10.3 Å². The molecule has 1 aliphatic heterocycles. The topological polar surface area (TPSA) is 26.3 Å². The predicted molar refractivity (Wildman–Crippen MR) is 106 cm³/mol. The average molecular weight is 373 g/mol. The van der Waals surface area contributed by atoms with Gasteiger partial charge in [-0.3, -0.25) is 4.79 Å². The number of ketones is 1. The molecular weight excluding hydrogens is 356 g/mol. The van der Waals surface area contributed by atoms with Gasteiger partial charge in [-0.05, 0) is 22.8 Å². The quantitative estimate of drug-likeness (QED) is 0.572. The molecule has 3 heteroatoms. The molecule has 3 aromatic carbocycles. The van der Waals surface area contributed by atoms with E-state index in [0.717, 1.165) is 11.1 Å². The minimum absolute atomic E-state index is 0.0316. The molecule has 1 spiro atoms. The zero-order chi connectivity index (χ0) is 18.4.